The predicted octanol–water partition coefficient (Wildman–Crippen LogP) is 2.64. The van der Waals surface area contributed by atoms with Crippen LogP contribution in [0.2, 0.25) is 0 Å². The van der Waals surface area contributed by atoms with Crippen molar-refractivity contribution in [1.82, 2.24) is 25.2 Å². The molecule has 7 atom stereocenters. The van der Waals surface area contributed by atoms with Crippen molar-refractivity contribution in [3.05, 3.63) is 36.4 Å². The van der Waals surface area contributed by atoms with Gasteiger partial charge >= 0.3 is 6.09 Å². The lowest BCUT2D eigenvalue weighted by atomic mass is 10.0. The molecule has 0 unspecified atom stereocenters. The van der Waals surface area contributed by atoms with Crippen molar-refractivity contribution in [2.75, 3.05) is 20.8 Å². The number of allylic oxidation sites excluding steroid dienone is 1. The number of sulfonamides is 1. The summed E-state index contributed by atoms with van der Waals surface area (Å²) in [5, 5.41) is 15.6. The van der Waals surface area contributed by atoms with E-state index in [4.69, 9.17) is 18.9 Å². The molecule has 3 heterocycles. The van der Waals surface area contributed by atoms with Crippen LogP contribution in [-0.2, 0) is 29.1 Å². The molecule has 4 N–H and O–H groups in total. The maximum atomic E-state index is 14.5. The molecule has 1 aromatic heterocycles. The van der Waals surface area contributed by atoms with E-state index in [2.05, 4.69) is 20.3 Å². The SMILES string of the molecule is CC[C@@H]1O[C@H](C)CCC=C[C@@H]2C[C@@]2(C(=O)NS(=O)(=O)C2(C)CC2)NC(=O)[C@@H]2C[C@@H](Oc3cc(OC)nc4cc(OC)ccc34)CN2C(=O)[C@H]1NC(=O)O. The van der Waals surface area contributed by atoms with Crippen LogP contribution in [-0.4, -0.2) is 109 Å². The summed E-state index contributed by atoms with van der Waals surface area (Å²) >= 11 is 0. The lowest BCUT2D eigenvalue weighted by Crippen LogP contribution is -2.60. The van der Waals surface area contributed by atoms with Gasteiger partial charge in [-0.15, -0.1) is 0 Å². The van der Waals surface area contributed by atoms with Gasteiger partial charge in [0.05, 0.1) is 43.2 Å². The number of methoxy groups -OCH3 is 2. The molecule has 1 saturated heterocycles. The Hall–Kier alpha value is -4.64. The Bertz CT molecular complexity index is 1910. The number of benzene rings is 1. The molecule has 1 aromatic carbocycles. The highest BCUT2D eigenvalue weighted by Crippen LogP contribution is 2.47. The van der Waals surface area contributed by atoms with E-state index in [1.165, 1.54) is 19.1 Å². The minimum absolute atomic E-state index is 0.0394. The second-order valence-electron chi connectivity index (χ2n) is 14.5. The second kappa shape index (κ2) is 14.6. The van der Waals surface area contributed by atoms with Gasteiger partial charge in [-0.2, -0.15) is 0 Å². The first-order chi connectivity index (χ1) is 25.1. The van der Waals surface area contributed by atoms with Gasteiger partial charge in [0.1, 0.15) is 35.2 Å². The number of carbonyl (C=O) groups is 4. The van der Waals surface area contributed by atoms with Gasteiger partial charge < -0.3 is 39.6 Å². The summed E-state index contributed by atoms with van der Waals surface area (Å²) in [5.41, 5.74) is -1.07. The summed E-state index contributed by atoms with van der Waals surface area (Å²) in [6.07, 6.45) is 2.43. The van der Waals surface area contributed by atoms with Crippen molar-refractivity contribution >= 4 is 44.7 Å². The van der Waals surface area contributed by atoms with Crippen molar-refractivity contribution in [2.24, 2.45) is 5.92 Å². The number of hydrogen-bond donors (Lipinski definition) is 4. The molecule has 0 radical (unpaired) electrons. The van der Waals surface area contributed by atoms with Crippen molar-refractivity contribution in [3.63, 3.8) is 0 Å². The minimum atomic E-state index is -4.03. The molecular weight excluding hydrogens is 710 g/mol. The maximum absolute atomic E-state index is 14.5. The highest BCUT2D eigenvalue weighted by atomic mass is 32.2. The number of carboxylic acid groups (broad SMARTS) is 1. The van der Waals surface area contributed by atoms with Crippen LogP contribution in [0.15, 0.2) is 36.4 Å². The molecule has 16 nitrogen and oxygen atoms in total. The molecule has 2 aliphatic heterocycles. The van der Waals surface area contributed by atoms with Crippen LogP contribution >= 0.6 is 0 Å². The molecule has 17 heteroatoms. The van der Waals surface area contributed by atoms with E-state index >= 15 is 0 Å². The first-order valence-electron chi connectivity index (χ1n) is 17.8. The molecule has 288 valence electrons. The third-order valence-corrected chi connectivity index (χ3v) is 12.9. The summed E-state index contributed by atoms with van der Waals surface area (Å²) < 4.78 is 50.9. The van der Waals surface area contributed by atoms with E-state index in [9.17, 15) is 32.7 Å². The molecule has 2 aliphatic carbocycles. The fourth-order valence-corrected chi connectivity index (χ4v) is 8.41. The molecule has 6 rings (SSSR count). The first-order valence-corrected chi connectivity index (χ1v) is 19.3. The Morgan fingerprint density at radius 2 is 1.92 bits per heavy atom. The molecule has 4 amide bonds. The normalized spacial score (nSPS) is 29.8. The number of fused-ring (bicyclic) bond motifs is 3. The third-order valence-electron chi connectivity index (χ3n) is 10.7. The molecule has 0 spiro atoms. The Labute approximate surface area is 308 Å². The van der Waals surface area contributed by atoms with Gasteiger partial charge in [0.2, 0.25) is 27.7 Å². The van der Waals surface area contributed by atoms with Crippen molar-refractivity contribution in [1.29, 1.82) is 0 Å². The predicted molar refractivity (Wildman–Crippen MR) is 191 cm³/mol. The molecule has 4 aliphatic rings. The van der Waals surface area contributed by atoms with Gasteiger partial charge in [-0.3, -0.25) is 19.1 Å². The van der Waals surface area contributed by atoms with Crippen LogP contribution in [0, 0.1) is 5.92 Å². The number of carbonyl (C=O) groups excluding carboxylic acids is 3. The van der Waals surface area contributed by atoms with E-state index in [0.29, 0.717) is 48.1 Å². The second-order valence-corrected chi connectivity index (χ2v) is 16.7. The van der Waals surface area contributed by atoms with Crippen LogP contribution in [0.3, 0.4) is 0 Å². The zero-order valence-electron chi connectivity index (χ0n) is 30.4. The van der Waals surface area contributed by atoms with Gasteiger partial charge in [-0.25, -0.2) is 18.2 Å². The largest absolute Gasteiger partial charge is 0.497 e. The number of hydrogen-bond acceptors (Lipinski definition) is 11. The van der Waals surface area contributed by atoms with Crippen LogP contribution in [0.4, 0.5) is 4.79 Å². The van der Waals surface area contributed by atoms with Gasteiger partial charge in [-0.05, 0) is 64.5 Å². The lowest BCUT2D eigenvalue weighted by Gasteiger charge is -2.33. The topological polar surface area (TPSA) is 212 Å². The van der Waals surface area contributed by atoms with Crippen molar-refractivity contribution in [2.45, 2.75) is 106 Å². The van der Waals surface area contributed by atoms with Gasteiger partial charge in [-0.1, -0.05) is 19.1 Å². The van der Waals surface area contributed by atoms with Gasteiger partial charge in [0, 0.05) is 29.9 Å². The monoisotopic (exact) mass is 757 g/mol. The number of pyridine rings is 1. The Morgan fingerprint density at radius 3 is 2.58 bits per heavy atom. The quantitative estimate of drug-likeness (QED) is 0.272. The Balaban J connectivity index is 1.36. The standard InChI is InChI=1S/C36H47N5O11S/c1-6-27-30(38-34(45)46)32(43)41-19-23(52-28-17-29(50-5)37-25-15-22(49-4)11-12-24(25)28)16-26(41)31(42)39-36(18-21(36)10-8-7-9-20(2)51-27)33(44)40-53(47,48)35(3)13-14-35/h8,10-12,15,17,20-21,23,26-27,30,38H,6-7,9,13-14,16,18-19H2,1-5H3,(H,39,42)(H,40,44)(H,45,46)/t20-,21-,23-,26+,27+,30+,36-/m1/s1. The number of aromatic nitrogens is 1. The number of amides is 4. The van der Waals surface area contributed by atoms with E-state index in [1.54, 1.807) is 44.2 Å². The summed E-state index contributed by atoms with van der Waals surface area (Å²) in [7, 11) is -1.04. The number of ether oxygens (including phenoxy) is 4. The third kappa shape index (κ3) is 7.72. The summed E-state index contributed by atoms with van der Waals surface area (Å²) in [6.45, 7) is 5.04. The van der Waals surface area contributed by atoms with E-state index in [-0.39, 0.29) is 37.8 Å². The average molecular weight is 758 g/mol. The molecular formula is C36H47N5O11S. The van der Waals surface area contributed by atoms with Gasteiger partial charge in [0.25, 0.3) is 5.91 Å². The van der Waals surface area contributed by atoms with E-state index in [1.807, 2.05) is 13.0 Å². The highest BCUT2D eigenvalue weighted by Gasteiger charge is 2.63. The molecule has 0 bridgehead atoms. The summed E-state index contributed by atoms with van der Waals surface area (Å²) in [6, 6.07) is 4.20. The van der Waals surface area contributed by atoms with Crippen LogP contribution in [0.1, 0.15) is 65.7 Å². The van der Waals surface area contributed by atoms with Crippen molar-refractivity contribution in [3.8, 4) is 17.4 Å². The minimum Gasteiger partial charge on any atom is -0.497 e. The smallest absolute Gasteiger partial charge is 0.405 e. The van der Waals surface area contributed by atoms with E-state index in [0.717, 1.165) is 0 Å². The lowest BCUT2D eigenvalue weighted by molar-refractivity contribution is -0.145. The number of nitrogens with one attached hydrogen (secondary N) is 3. The summed E-state index contributed by atoms with van der Waals surface area (Å²) in [5.74, 6) is -1.60. The zero-order valence-corrected chi connectivity index (χ0v) is 31.2. The molecule has 2 aromatic rings. The highest BCUT2D eigenvalue weighted by molar-refractivity contribution is 7.91. The van der Waals surface area contributed by atoms with Crippen LogP contribution < -0.4 is 29.6 Å². The zero-order chi connectivity index (χ0) is 38.3. The average Bonchev–Trinajstić information content (AvgIpc) is 4.00. The van der Waals surface area contributed by atoms with Crippen LogP contribution in [0.25, 0.3) is 10.9 Å². The first kappa shape index (κ1) is 38.1. The fourth-order valence-electron chi connectivity index (χ4n) is 7.10. The summed E-state index contributed by atoms with van der Waals surface area (Å²) in [4.78, 5) is 60.5. The molecule has 3 fully saturated rings. The number of rotatable bonds is 9. The Kier molecular flexibility index (Phi) is 10.5. The van der Waals surface area contributed by atoms with Gasteiger partial charge in [0.15, 0.2) is 0 Å². The molecule has 2 saturated carbocycles. The fraction of sp³-hybridized carbons (Fsp3) is 0.583. The van der Waals surface area contributed by atoms with E-state index < -0.39 is 74.3 Å². The molecule has 53 heavy (non-hydrogen) atoms. The Morgan fingerprint density at radius 1 is 1.17 bits per heavy atom. The maximum Gasteiger partial charge on any atom is 0.405 e. The number of nitrogens with zero attached hydrogens (tertiary/aromatic N) is 2. The van der Waals surface area contributed by atoms with Crippen LogP contribution in [0.5, 0.6) is 17.4 Å². The van der Waals surface area contributed by atoms with Crippen molar-refractivity contribution < 1.29 is 51.6 Å².